The van der Waals surface area contributed by atoms with Crippen molar-refractivity contribution in [2.24, 2.45) is 11.8 Å². The zero-order chi connectivity index (χ0) is 25.0. The maximum Gasteiger partial charge on any atom is 0.133 e. The maximum atomic E-state index is 6.23. The number of aromatic nitrogens is 2. The van der Waals surface area contributed by atoms with Gasteiger partial charge < -0.3 is 4.74 Å². The largest absolute Gasteiger partial charge is 0.492 e. The molecule has 0 fully saturated rings. The van der Waals surface area contributed by atoms with E-state index in [2.05, 4.69) is 84.5 Å². The number of rotatable bonds is 10. The quantitative estimate of drug-likeness (QED) is 0.199. The number of hydrogen-bond donors (Lipinski definition) is 0. The van der Waals surface area contributed by atoms with E-state index in [1.165, 1.54) is 43.1 Å². The van der Waals surface area contributed by atoms with Gasteiger partial charge in [-0.25, -0.2) is 0 Å². The Morgan fingerprint density at radius 2 is 1.82 bits per heavy atom. The first-order valence-corrected chi connectivity index (χ1v) is 14.6. The summed E-state index contributed by atoms with van der Waals surface area (Å²) < 4.78 is 15.6. The van der Waals surface area contributed by atoms with Crippen molar-refractivity contribution in [3.63, 3.8) is 0 Å². The molecule has 0 aliphatic heterocycles. The van der Waals surface area contributed by atoms with Crippen molar-refractivity contribution in [3.8, 4) is 10.4 Å². The normalized spacial score (nSPS) is 13.1. The summed E-state index contributed by atoms with van der Waals surface area (Å²) in [5, 5.41) is 0. The molecule has 0 spiro atoms. The minimum absolute atomic E-state index is 0.0240. The lowest BCUT2D eigenvalue weighted by Crippen LogP contribution is -2.11. The van der Waals surface area contributed by atoms with Gasteiger partial charge in [-0.3, -0.25) is 0 Å². The number of thiophene rings is 1. The Morgan fingerprint density at radius 3 is 2.41 bits per heavy atom. The fraction of sp³-hybridized carbons (Fsp3) is 0.500. The van der Waals surface area contributed by atoms with Crippen molar-refractivity contribution >= 4 is 50.8 Å². The molecule has 6 heteroatoms. The van der Waals surface area contributed by atoms with Crippen molar-refractivity contribution in [1.82, 2.24) is 8.75 Å². The SMILES string of the molecule is C=C/C(OCC(C)C)=C(\SCC)c1sc(-c2ccc(C(C)(C)C)c3nsnc23)cc1CC(C)C. The highest BCUT2D eigenvalue weighted by molar-refractivity contribution is 8.08. The second-order valence-electron chi connectivity index (χ2n) is 10.5. The fourth-order valence-electron chi connectivity index (χ4n) is 3.88. The molecule has 2 aromatic heterocycles. The van der Waals surface area contributed by atoms with Crippen LogP contribution in [0.4, 0.5) is 0 Å². The predicted octanol–water partition coefficient (Wildman–Crippen LogP) is 9.20. The topological polar surface area (TPSA) is 35.0 Å². The Bertz CT molecular complexity index is 1160. The lowest BCUT2D eigenvalue weighted by molar-refractivity contribution is 0.192. The van der Waals surface area contributed by atoms with Gasteiger partial charge in [0.1, 0.15) is 16.8 Å². The van der Waals surface area contributed by atoms with Crippen molar-refractivity contribution in [1.29, 1.82) is 0 Å². The third-order valence-corrected chi connectivity index (χ3v) is 8.27. The molecule has 3 nitrogen and oxygen atoms in total. The molecule has 0 N–H and O–H groups in total. The number of hydrogen-bond acceptors (Lipinski definition) is 6. The van der Waals surface area contributed by atoms with E-state index in [1.807, 2.05) is 29.2 Å². The van der Waals surface area contributed by atoms with Crippen molar-refractivity contribution in [2.75, 3.05) is 12.4 Å². The van der Waals surface area contributed by atoms with Crippen molar-refractivity contribution in [2.45, 2.75) is 67.2 Å². The van der Waals surface area contributed by atoms with Crippen LogP contribution in [0.1, 0.15) is 71.4 Å². The minimum Gasteiger partial charge on any atom is -0.492 e. The zero-order valence-electron chi connectivity index (χ0n) is 21.8. The highest BCUT2D eigenvalue weighted by Crippen LogP contribution is 2.45. The molecule has 0 unspecified atom stereocenters. The van der Waals surface area contributed by atoms with Gasteiger partial charge in [0.25, 0.3) is 0 Å². The molecular formula is C28H38N2OS3. The predicted molar refractivity (Wildman–Crippen MR) is 154 cm³/mol. The Kier molecular flexibility index (Phi) is 9.04. The van der Waals surface area contributed by atoms with E-state index in [0.29, 0.717) is 18.4 Å². The molecule has 0 radical (unpaired) electrons. The summed E-state index contributed by atoms with van der Waals surface area (Å²) >= 11 is 4.99. The first-order valence-electron chi connectivity index (χ1n) is 12.1. The van der Waals surface area contributed by atoms with E-state index in [1.54, 1.807) is 0 Å². The van der Waals surface area contributed by atoms with E-state index in [4.69, 9.17) is 9.11 Å². The molecule has 184 valence electrons. The molecule has 1 aromatic carbocycles. The van der Waals surface area contributed by atoms with Crippen LogP contribution in [0.2, 0.25) is 0 Å². The molecule has 0 saturated carbocycles. The summed E-state index contributed by atoms with van der Waals surface area (Å²) in [5.74, 6) is 2.89. The van der Waals surface area contributed by atoms with Crippen LogP contribution in [0, 0.1) is 11.8 Å². The molecule has 3 aromatic rings. The fourth-order valence-corrected chi connectivity index (χ4v) is 6.76. The summed E-state index contributed by atoms with van der Waals surface area (Å²) in [4.78, 5) is 3.74. The van der Waals surface area contributed by atoms with Crippen LogP contribution in [0.3, 0.4) is 0 Å². The third-order valence-electron chi connectivity index (χ3n) is 5.40. The molecule has 2 heterocycles. The number of fused-ring (bicyclic) bond motifs is 1. The molecule has 0 bridgehead atoms. The Hall–Kier alpha value is -1.63. The molecule has 0 aliphatic rings. The lowest BCUT2D eigenvalue weighted by Gasteiger charge is -2.19. The van der Waals surface area contributed by atoms with Crippen LogP contribution >= 0.6 is 34.8 Å². The summed E-state index contributed by atoms with van der Waals surface area (Å²) in [7, 11) is 0. The maximum absolute atomic E-state index is 6.23. The van der Waals surface area contributed by atoms with Crippen LogP contribution in [-0.2, 0) is 16.6 Å². The third kappa shape index (κ3) is 6.13. The van der Waals surface area contributed by atoms with Crippen LogP contribution in [0.15, 0.2) is 36.6 Å². The first-order chi connectivity index (χ1) is 16.1. The van der Waals surface area contributed by atoms with Gasteiger partial charge in [0.2, 0.25) is 0 Å². The van der Waals surface area contributed by atoms with E-state index in [0.717, 1.165) is 29.0 Å². The number of ether oxygens (including phenoxy) is 1. The number of thioether (sulfide) groups is 1. The van der Waals surface area contributed by atoms with Gasteiger partial charge in [-0.05, 0) is 52.7 Å². The van der Waals surface area contributed by atoms with Gasteiger partial charge in [0.15, 0.2) is 0 Å². The number of benzene rings is 1. The molecular weight excluding hydrogens is 477 g/mol. The molecule has 0 aliphatic carbocycles. The van der Waals surface area contributed by atoms with Gasteiger partial charge in [-0.15, -0.1) is 23.1 Å². The second kappa shape index (κ2) is 11.4. The molecule has 34 heavy (non-hydrogen) atoms. The smallest absolute Gasteiger partial charge is 0.133 e. The minimum atomic E-state index is 0.0240. The van der Waals surface area contributed by atoms with E-state index < -0.39 is 0 Å². The Balaban J connectivity index is 2.20. The average Bonchev–Trinajstić information content (AvgIpc) is 3.38. The van der Waals surface area contributed by atoms with Crippen LogP contribution < -0.4 is 0 Å². The van der Waals surface area contributed by atoms with Gasteiger partial charge in [0.05, 0.1) is 23.2 Å². The highest BCUT2D eigenvalue weighted by atomic mass is 32.2. The Morgan fingerprint density at radius 1 is 1.12 bits per heavy atom. The van der Waals surface area contributed by atoms with E-state index >= 15 is 0 Å². The number of allylic oxidation sites excluding steroid dienone is 1. The summed E-state index contributed by atoms with van der Waals surface area (Å²) in [6.45, 7) is 22.6. The zero-order valence-corrected chi connectivity index (χ0v) is 24.3. The molecule has 3 rings (SSSR count). The van der Waals surface area contributed by atoms with Crippen LogP contribution in [-0.4, -0.2) is 21.1 Å². The summed E-state index contributed by atoms with van der Waals surface area (Å²) in [6, 6.07) is 6.84. The van der Waals surface area contributed by atoms with Crippen LogP contribution in [0.5, 0.6) is 0 Å². The monoisotopic (exact) mass is 514 g/mol. The van der Waals surface area contributed by atoms with Crippen molar-refractivity contribution in [3.05, 3.63) is 52.6 Å². The van der Waals surface area contributed by atoms with Gasteiger partial charge in [0, 0.05) is 15.3 Å². The van der Waals surface area contributed by atoms with Crippen LogP contribution in [0.25, 0.3) is 26.4 Å². The molecule has 0 amide bonds. The molecule has 0 saturated heterocycles. The molecule has 0 atom stereocenters. The standard InChI is InChI=1S/C28H38N2OS3/c1-10-22(31-16-18(5)6)27(32-11-2)26-19(14-17(3)4)15-23(33-26)20-12-13-21(28(7,8)9)25-24(20)29-34-30-25/h10,12-13,15,17-18H,1,11,14,16H2,2-9H3/b27-22+. The Labute approximate surface area is 218 Å². The van der Waals surface area contributed by atoms with Crippen molar-refractivity contribution < 1.29 is 4.74 Å². The summed E-state index contributed by atoms with van der Waals surface area (Å²) in [6.07, 6.45) is 2.90. The second-order valence-corrected chi connectivity index (χ2v) is 13.3. The lowest BCUT2D eigenvalue weighted by atomic mass is 9.85. The van der Waals surface area contributed by atoms with Gasteiger partial charge in [-0.1, -0.05) is 74.1 Å². The number of nitrogens with zero attached hydrogens (tertiary/aromatic N) is 2. The average molecular weight is 515 g/mol. The summed E-state index contributed by atoms with van der Waals surface area (Å²) in [5.41, 5.74) is 5.85. The van der Waals surface area contributed by atoms with E-state index in [9.17, 15) is 0 Å². The highest BCUT2D eigenvalue weighted by Gasteiger charge is 2.24. The first kappa shape index (κ1) is 27.0. The van der Waals surface area contributed by atoms with Gasteiger partial charge >= 0.3 is 0 Å². The van der Waals surface area contributed by atoms with Gasteiger partial charge in [-0.2, -0.15) is 8.75 Å². The van der Waals surface area contributed by atoms with E-state index in [-0.39, 0.29) is 5.41 Å².